The predicted molar refractivity (Wildman–Crippen MR) is 57.1 cm³/mol. The highest BCUT2D eigenvalue weighted by Gasteiger charge is 2.01. The van der Waals surface area contributed by atoms with Crippen LogP contribution in [0, 0.1) is 33.6 Å². The van der Waals surface area contributed by atoms with Gasteiger partial charge in [0.25, 0.3) is 0 Å². The predicted octanol–water partition coefficient (Wildman–Crippen LogP) is 1.90. The fourth-order valence-electron chi connectivity index (χ4n) is 1.41. The lowest BCUT2D eigenvalue weighted by atomic mass is 10.3. The van der Waals surface area contributed by atoms with Crippen molar-refractivity contribution in [2.24, 2.45) is 0 Å². The molecule has 0 amide bonds. The summed E-state index contributed by atoms with van der Waals surface area (Å²) in [6.45, 7) is 6.02. The first kappa shape index (κ1) is 10.3. The lowest BCUT2D eigenvalue weighted by molar-refractivity contribution is 0.892. The Morgan fingerprint density at radius 1 is 1.14 bits per heavy atom. The maximum absolute atomic E-state index is 4.35. The van der Waals surface area contributed by atoms with E-state index in [-0.39, 0.29) is 0 Å². The average molecular weight is 187 g/mol. The van der Waals surface area contributed by atoms with Crippen LogP contribution in [0.1, 0.15) is 17.0 Å². The van der Waals surface area contributed by atoms with Crippen molar-refractivity contribution in [1.82, 2.24) is 14.6 Å². The van der Waals surface area contributed by atoms with Crippen LogP contribution in [0.25, 0.3) is 5.65 Å². The zero-order chi connectivity index (χ0) is 10.7. The Balaban J connectivity index is 0.000000461. The van der Waals surface area contributed by atoms with Gasteiger partial charge >= 0.3 is 0 Å². The molecule has 0 aliphatic heterocycles. The molecule has 0 saturated heterocycles. The molecule has 0 bridgehead atoms. The van der Waals surface area contributed by atoms with Crippen molar-refractivity contribution in [2.45, 2.75) is 20.8 Å². The number of aryl methyl sites for hydroxylation is 3. The largest absolute Gasteiger partial charge is 0.232 e. The molecule has 14 heavy (non-hydrogen) atoms. The summed E-state index contributed by atoms with van der Waals surface area (Å²) in [4.78, 5) is 4.35. The van der Waals surface area contributed by atoms with E-state index in [4.69, 9.17) is 0 Å². The molecule has 0 aliphatic carbocycles. The van der Waals surface area contributed by atoms with Gasteiger partial charge < -0.3 is 0 Å². The average Bonchev–Trinajstić information content (AvgIpc) is 2.49. The Bertz CT molecular complexity index is 466. The van der Waals surface area contributed by atoms with Crippen molar-refractivity contribution < 1.29 is 0 Å². The van der Waals surface area contributed by atoms with Gasteiger partial charge in [0.1, 0.15) is 0 Å². The second-order valence-electron chi connectivity index (χ2n) is 3.12. The van der Waals surface area contributed by atoms with Gasteiger partial charge in [-0.2, -0.15) is 5.10 Å². The molecule has 3 heteroatoms. The van der Waals surface area contributed by atoms with Crippen LogP contribution >= 0.6 is 0 Å². The molecule has 0 spiro atoms. The Morgan fingerprint density at radius 3 is 2.43 bits per heavy atom. The quantitative estimate of drug-likeness (QED) is 0.590. The fourth-order valence-corrected chi connectivity index (χ4v) is 1.41. The lowest BCUT2D eigenvalue weighted by Crippen LogP contribution is -1.95. The van der Waals surface area contributed by atoms with Crippen molar-refractivity contribution in [3.63, 3.8) is 0 Å². The second-order valence-corrected chi connectivity index (χ2v) is 3.12. The summed E-state index contributed by atoms with van der Waals surface area (Å²) >= 11 is 0. The molecular formula is C11H13N3. The number of hydrogen-bond acceptors (Lipinski definition) is 2. The van der Waals surface area contributed by atoms with E-state index in [2.05, 4.69) is 29.9 Å². The van der Waals surface area contributed by atoms with Gasteiger partial charge in [-0.1, -0.05) is 0 Å². The number of imidazole rings is 1. The van der Waals surface area contributed by atoms with E-state index in [9.17, 15) is 0 Å². The van der Waals surface area contributed by atoms with Crippen molar-refractivity contribution in [3.05, 3.63) is 29.2 Å². The first-order valence-electron chi connectivity index (χ1n) is 4.30. The molecule has 0 N–H and O–H groups in total. The van der Waals surface area contributed by atoms with E-state index in [0.29, 0.717) is 0 Å². The van der Waals surface area contributed by atoms with Crippen molar-refractivity contribution in [3.8, 4) is 12.8 Å². The Labute approximate surface area is 83.8 Å². The van der Waals surface area contributed by atoms with E-state index >= 15 is 0 Å². The maximum Gasteiger partial charge on any atom is 0.156 e. The molecular weight excluding hydrogens is 174 g/mol. The highest BCUT2D eigenvalue weighted by atomic mass is 15.2. The molecule has 0 aliphatic rings. The summed E-state index contributed by atoms with van der Waals surface area (Å²) in [7, 11) is 0. The summed E-state index contributed by atoms with van der Waals surface area (Å²) in [5.41, 5.74) is 4.17. The molecule has 2 heterocycles. The van der Waals surface area contributed by atoms with Crippen LogP contribution in [0.5, 0.6) is 0 Å². The molecule has 3 nitrogen and oxygen atoms in total. The van der Waals surface area contributed by atoms with E-state index in [0.717, 1.165) is 17.0 Å². The summed E-state index contributed by atoms with van der Waals surface area (Å²) in [6.07, 6.45) is 9.94. The first-order valence-corrected chi connectivity index (χ1v) is 4.30. The normalized spacial score (nSPS) is 9.50. The minimum absolute atomic E-state index is 0.957. The van der Waals surface area contributed by atoms with Crippen molar-refractivity contribution in [2.75, 3.05) is 0 Å². The molecule has 0 fully saturated rings. The summed E-state index contributed by atoms with van der Waals surface area (Å²) in [5, 5.41) is 4.31. The van der Waals surface area contributed by atoms with Gasteiger partial charge in [0.2, 0.25) is 0 Å². The van der Waals surface area contributed by atoms with Crippen molar-refractivity contribution in [1.29, 1.82) is 0 Å². The number of nitrogens with zero attached hydrogens (tertiary/aromatic N) is 3. The third-order valence-corrected chi connectivity index (χ3v) is 1.85. The van der Waals surface area contributed by atoms with Crippen LogP contribution in [0.15, 0.2) is 12.3 Å². The Morgan fingerprint density at radius 2 is 1.79 bits per heavy atom. The molecule has 2 rings (SSSR count). The summed E-state index contributed by atoms with van der Waals surface area (Å²) < 4.78 is 1.83. The minimum Gasteiger partial charge on any atom is -0.232 e. The van der Waals surface area contributed by atoms with Gasteiger partial charge in [-0.25, -0.2) is 9.50 Å². The van der Waals surface area contributed by atoms with Crippen LogP contribution < -0.4 is 0 Å². The molecule has 0 aromatic carbocycles. The molecule has 2 aromatic rings. The topological polar surface area (TPSA) is 30.2 Å². The second kappa shape index (κ2) is 3.93. The van der Waals surface area contributed by atoms with Crippen LogP contribution in [-0.4, -0.2) is 14.6 Å². The smallest absolute Gasteiger partial charge is 0.156 e. The van der Waals surface area contributed by atoms with Gasteiger partial charge in [0, 0.05) is 0 Å². The van der Waals surface area contributed by atoms with Gasteiger partial charge in [0.15, 0.2) is 5.65 Å². The maximum atomic E-state index is 4.35. The summed E-state index contributed by atoms with van der Waals surface area (Å²) in [6, 6.07) is 2.04. The molecule has 2 aromatic heterocycles. The van der Waals surface area contributed by atoms with Gasteiger partial charge in [-0.3, -0.25) is 0 Å². The molecule has 0 atom stereocenters. The number of hydrogen-bond donors (Lipinski definition) is 0. The summed E-state index contributed by atoms with van der Waals surface area (Å²) in [5.74, 6) is 0. The third-order valence-electron chi connectivity index (χ3n) is 1.85. The monoisotopic (exact) mass is 187 g/mol. The van der Waals surface area contributed by atoms with Gasteiger partial charge in [0.05, 0.1) is 17.6 Å². The van der Waals surface area contributed by atoms with Crippen molar-refractivity contribution >= 4 is 5.65 Å². The van der Waals surface area contributed by atoms with E-state index < -0.39 is 0 Å². The van der Waals surface area contributed by atoms with Crippen LogP contribution in [0.4, 0.5) is 0 Å². The van der Waals surface area contributed by atoms with Gasteiger partial charge in [-0.15, -0.1) is 12.8 Å². The van der Waals surface area contributed by atoms with Gasteiger partial charge in [-0.05, 0) is 32.4 Å². The number of aromatic nitrogens is 3. The SMILES string of the molecule is C#C.Cc1cn2nc(C)cc(C)c2n1. The zero-order valence-corrected chi connectivity index (χ0v) is 8.65. The van der Waals surface area contributed by atoms with E-state index in [1.54, 1.807) is 0 Å². The first-order chi connectivity index (χ1) is 6.66. The lowest BCUT2D eigenvalue weighted by Gasteiger charge is -1.97. The molecule has 0 unspecified atom stereocenters. The molecule has 0 saturated carbocycles. The fraction of sp³-hybridized carbons (Fsp3) is 0.273. The minimum atomic E-state index is 0.957. The van der Waals surface area contributed by atoms with E-state index in [1.807, 2.05) is 30.6 Å². The number of rotatable bonds is 0. The Kier molecular flexibility index (Phi) is 2.88. The van der Waals surface area contributed by atoms with E-state index in [1.165, 1.54) is 5.56 Å². The third kappa shape index (κ3) is 1.74. The highest BCUT2D eigenvalue weighted by molar-refractivity contribution is 5.47. The number of fused-ring (bicyclic) bond motifs is 1. The Hall–Kier alpha value is -1.82. The highest BCUT2D eigenvalue weighted by Crippen LogP contribution is 2.09. The standard InChI is InChI=1S/C9H11N3.C2H2/c1-6-4-7(2)11-12-5-8(3)10-9(6)12;1-2/h4-5H,1-3H3;1-2H. The van der Waals surface area contributed by atoms with Crippen LogP contribution in [0.2, 0.25) is 0 Å². The molecule has 0 radical (unpaired) electrons. The molecule has 72 valence electrons. The zero-order valence-electron chi connectivity index (χ0n) is 8.65. The van der Waals surface area contributed by atoms with Crippen LogP contribution in [0.3, 0.4) is 0 Å². The number of terminal acetylenes is 1. The van der Waals surface area contributed by atoms with Crippen LogP contribution in [-0.2, 0) is 0 Å².